The smallest absolute Gasteiger partial charge is 0.223 e. The first-order valence-corrected chi connectivity index (χ1v) is 10.7. The summed E-state index contributed by atoms with van der Waals surface area (Å²) in [5, 5.41) is 6.42. The van der Waals surface area contributed by atoms with Gasteiger partial charge in [0.05, 0.1) is 0 Å². The molecule has 27 heavy (non-hydrogen) atoms. The van der Waals surface area contributed by atoms with Gasteiger partial charge in [-0.05, 0) is 67.4 Å². The number of amides is 1. The van der Waals surface area contributed by atoms with Crippen LogP contribution in [0.3, 0.4) is 0 Å². The van der Waals surface area contributed by atoms with Gasteiger partial charge < -0.3 is 10.6 Å². The van der Waals surface area contributed by atoms with Gasteiger partial charge in [0, 0.05) is 26.8 Å². The highest BCUT2D eigenvalue weighted by Crippen LogP contribution is 2.41. The van der Waals surface area contributed by atoms with Crippen molar-refractivity contribution in [3.63, 3.8) is 0 Å². The van der Waals surface area contributed by atoms with Gasteiger partial charge in [-0.3, -0.25) is 4.79 Å². The summed E-state index contributed by atoms with van der Waals surface area (Å²) in [5.74, 6) is -0.508. The number of carbonyl (C=O) groups is 1. The molecule has 1 atom stereocenters. The van der Waals surface area contributed by atoms with Gasteiger partial charge in [-0.25, -0.2) is 4.39 Å². The van der Waals surface area contributed by atoms with Crippen molar-refractivity contribution in [1.29, 1.82) is 0 Å². The van der Waals surface area contributed by atoms with Gasteiger partial charge >= 0.3 is 0 Å². The molecule has 0 bridgehead atoms. The molecule has 1 heterocycles. The van der Waals surface area contributed by atoms with Crippen LogP contribution in [-0.4, -0.2) is 19.0 Å². The van der Waals surface area contributed by atoms with E-state index in [0.29, 0.717) is 6.54 Å². The van der Waals surface area contributed by atoms with E-state index < -0.39 is 0 Å². The average molecular weight is 498 g/mol. The monoisotopic (exact) mass is 496 g/mol. The Labute approximate surface area is 176 Å². The predicted octanol–water partition coefficient (Wildman–Crippen LogP) is 4.92. The average Bonchev–Trinajstić information content (AvgIpc) is 2.65. The molecule has 2 N–H and O–H groups in total. The Kier molecular flexibility index (Phi) is 6.71. The molecule has 1 saturated heterocycles. The summed E-state index contributed by atoms with van der Waals surface area (Å²) in [4.78, 5) is 13.0. The molecule has 144 valence electrons. The largest absolute Gasteiger partial charge is 0.352 e. The maximum absolute atomic E-state index is 13.9. The van der Waals surface area contributed by atoms with E-state index in [1.54, 1.807) is 12.1 Å². The maximum atomic E-state index is 13.9. The van der Waals surface area contributed by atoms with Crippen molar-refractivity contribution in [2.24, 2.45) is 5.92 Å². The zero-order valence-electron chi connectivity index (χ0n) is 15.2. The summed E-state index contributed by atoms with van der Waals surface area (Å²) in [6, 6.07) is 12.7. The summed E-state index contributed by atoms with van der Waals surface area (Å²) in [6.07, 6.45) is 1.63. The van der Waals surface area contributed by atoms with Gasteiger partial charge in [-0.1, -0.05) is 50.9 Å². The van der Waals surface area contributed by atoms with E-state index in [0.717, 1.165) is 46.0 Å². The van der Waals surface area contributed by atoms with Gasteiger partial charge in [-0.2, -0.15) is 0 Å². The lowest BCUT2D eigenvalue weighted by Crippen LogP contribution is -2.49. The van der Waals surface area contributed by atoms with Crippen molar-refractivity contribution in [3.8, 4) is 0 Å². The first-order chi connectivity index (χ1) is 12.9. The molecule has 2 aromatic carbocycles. The lowest BCUT2D eigenvalue weighted by Gasteiger charge is -2.42. The molecular formula is C21H23Br2FN2O. The third-order valence-corrected chi connectivity index (χ3v) is 6.42. The molecule has 3 rings (SSSR count). The second-order valence-electron chi connectivity index (χ2n) is 7.13. The number of halogens is 3. The lowest BCUT2D eigenvalue weighted by molar-refractivity contribution is -0.127. The van der Waals surface area contributed by atoms with E-state index >= 15 is 0 Å². The van der Waals surface area contributed by atoms with Gasteiger partial charge in [0.2, 0.25) is 5.91 Å². The van der Waals surface area contributed by atoms with E-state index in [-0.39, 0.29) is 23.1 Å². The van der Waals surface area contributed by atoms with Crippen LogP contribution in [0.2, 0.25) is 0 Å². The zero-order chi connectivity index (χ0) is 19.4. The van der Waals surface area contributed by atoms with Crippen molar-refractivity contribution in [2.45, 2.75) is 31.7 Å². The number of nitrogens with one attached hydrogen (secondary N) is 2. The highest BCUT2D eigenvalue weighted by molar-refractivity contribution is 9.11. The Morgan fingerprint density at radius 1 is 1.19 bits per heavy atom. The van der Waals surface area contributed by atoms with Crippen molar-refractivity contribution < 1.29 is 9.18 Å². The molecule has 0 saturated carbocycles. The Balaban J connectivity index is 1.79. The number of rotatable bonds is 5. The van der Waals surface area contributed by atoms with Gasteiger partial charge in [0.15, 0.2) is 0 Å². The Morgan fingerprint density at radius 3 is 2.48 bits per heavy atom. The number of benzene rings is 2. The minimum Gasteiger partial charge on any atom is -0.352 e. The normalized spacial score (nSPS) is 17.3. The predicted molar refractivity (Wildman–Crippen MR) is 113 cm³/mol. The van der Waals surface area contributed by atoms with Crippen molar-refractivity contribution >= 4 is 37.8 Å². The van der Waals surface area contributed by atoms with Crippen LogP contribution >= 0.6 is 31.9 Å². The fourth-order valence-corrected chi connectivity index (χ4v) is 5.34. The third-order valence-electron chi connectivity index (χ3n) is 5.51. The minimum absolute atomic E-state index is 0.00254. The van der Waals surface area contributed by atoms with Crippen LogP contribution in [0.5, 0.6) is 0 Å². The number of carbonyl (C=O) groups excluding carboxylic acids is 1. The molecule has 6 heteroatoms. The molecule has 1 fully saturated rings. The topological polar surface area (TPSA) is 41.1 Å². The van der Waals surface area contributed by atoms with Crippen molar-refractivity contribution in [3.05, 3.63) is 68.4 Å². The van der Waals surface area contributed by atoms with Crippen molar-refractivity contribution in [1.82, 2.24) is 10.6 Å². The number of piperidine rings is 1. The van der Waals surface area contributed by atoms with Crippen LogP contribution in [0.1, 0.15) is 30.9 Å². The fraction of sp³-hybridized carbons (Fsp3) is 0.381. The first-order valence-electron chi connectivity index (χ1n) is 9.10. The van der Waals surface area contributed by atoms with Crippen LogP contribution in [0, 0.1) is 11.7 Å². The molecule has 2 aromatic rings. The van der Waals surface area contributed by atoms with Crippen LogP contribution in [0.15, 0.2) is 51.4 Å². The molecule has 1 unspecified atom stereocenters. The van der Waals surface area contributed by atoms with Gasteiger partial charge in [0.25, 0.3) is 0 Å². The molecule has 1 aliphatic heterocycles. The number of hydrogen-bond acceptors (Lipinski definition) is 2. The van der Waals surface area contributed by atoms with Gasteiger partial charge in [-0.15, -0.1) is 0 Å². The summed E-state index contributed by atoms with van der Waals surface area (Å²) < 4.78 is 15.8. The standard InChI is InChI=1S/C21H23Br2FN2O/c1-14(20(27)26-13-15-9-17(22)12-18(23)10-15)21(5-7-25-8-6-21)16-3-2-4-19(24)11-16/h2-4,9-12,14,25H,5-8,13H2,1H3,(H,26,27). The molecule has 0 aliphatic carbocycles. The van der Waals surface area contributed by atoms with Crippen LogP contribution in [0.4, 0.5) is 4.39 Å². The first kappa shape index (κ1) is 20.5. The zero-order valence-corrected chi connectivity index (χ0v) is 18.4. The van der Waals surface area contributed by atoms with E-state index in [9.17, 15) is 9.18 Å². The molecule has 1 amide bonds. The molecule has 0 spiro atoms. The molecule has 0 aromatic heterocycles. The van der Waals surface area contributed by atoms with E-state index in [4.69, 9.17) is 0 Å². The SMILES string of the molecule is CC(C(=O)NCc1cc(Br)cc(Br)c1)C1(c2cccc(F)c2)CCNCC1. The summed E-state index contributed by atoms with van der Waals surface area (Å²) in [5.41, 5.74) is 1.58. The van der Waals surface area contributed by atoms with Crippen LogP contribution in [-0.2, 0) is 16.8 Å². The molecule has 0 radical (unpaired) electrons. The highest BCUT2D eigenvalue weighted by Gasteiger charge is 2.42. The van der Waals surface area contributed by atoms with E-state index in [2.05, 4.69) is 42.5 Å². The Morgan fingerprint density at radius 2 is 1.85 bits per heavy atom. The Bertz CT molecular complexity index is 801. The highest BCUT2D eigenvalue weighted by atomic mass is 79.9. The lowest BCUT2D eigenvalue weighted by atomic mass is 9.65. The summed E-state index contributed by atoms with van der Waals surface area (Å²) in [6.45, 7) is 4.07. The molecular weight excluding hydrogens is 475 g/mol. The van der Waals surface area contributed by atoms with Gasteiger partial charge in [0.1, 0.15) is 5.82 Å². The minimum atomic E-state index is -0.352. The maximum Gasteiger partial charge on any atom is 0.223 e. The Hall–Kier alpha value is -1.24. The van der Waals surface area contributed by atoms with E-state index in [1.807, 2.05) is 31.2 Å². The van der Waals surface area contributed by atoms with E-state index in [1.165, 1.54) is 6.07 Å². The van der Waals surface area contributed by atoms with Crippen LogP contribution < -0.4 is 10.6 Å². The quantitative estimate of drug-likeness (QED) is 0.615. The second kappa shape index (κ2) is 8.84. The molecule has 1 aliphatic rings. The third kappa shape index (κ3) is 4.79. The summed E-state index contributed by atoms with van der Waals surface area (Å²) in [7, 11) is 0. The number of hydrogen-bond donors (Lipinski definition) is 2. The second-order valence-corrected chi connectivity index (χ2v) is 8.97. The van der Waals surface area contributed by atoms with Crippen LogP contribution in [0.25, 0.3) is 0 Å². The summed E-state index contributed by atoms with van der Waals surface area (Å²) >= 11 is 6.94. The fourth-order valence-electron chi connectivity index (χ4n) is 3.95. The van der Waals surface area contributed by atoms with Crippen molar-refractivity contribution in [2.75, 3.05) is 13.1 Å². The molecule has 3 nitrogen and oxygen atoms in total.